The molecular formula is C4H13NO2. The first-order valence-electron chi connectivity index (χ1n) is 1.19. The topological polar surface area (TPSA) is 63.3 Å². The second kappa shape index (κ2) is 9.06. The Balaban J connectivity index is -0.0000000800. The fraction of sp³-hybridized carbons (Fsp3) is 0.750. The summed E-state index contributed by atoms with van der Waals surface area (Å²) >= 11 is 0. The maximum absolute atomic E-state index is 9.24. The summed E-state index contributed by atoms with van der Waals surface area (Å²) in [6.45, 7) is -0.278. The molecule has 0 saturated carbocycles. The highest BCUT2D eigenvalue weighted by Gasteiger charge is 1.81. The van der Waals surface area contributed by atoms with Crippen molar-refractivity contribution in [2.24, 2.45) is 5.73 Å². The van der Waals surface area contributed by atoms with Crippen molar-refractivity contribution in [3.05, 3.63) is 0 Å². The highest BCUT2D eigenvalue weighted by Crippen LogP contribution is 1.43. The van der Waals surface area contributed by atoms with E-state index in [0.29, 0.717) is 0 Å². The zero-order valence-corrected chi connectivity index (χ0v) is 2.64. The van der Waals surface area contributed by atoms with Crippen molar-refractivity contribution in [3.8, 4) is 0 Å². The third kappa shape index (κ3) is 31.2. The van der Waals surface area contributed by atoms with Gasteiger partial charge in [0.15, 0.2) is 0 Å². The molecule has 0 atom stereocenters. The van der Waals surface area contributed by atoms with Crippen molar-refractivity contribution in [2.75, 3.05) is 6.54 Å². The summed E-state index contributed by atoms with van der Waals surface area (Å²) in [6, 6.07) is 0. The monoisotopic (exact) mass is 107 g/mol. The van der Waals surface area contributed by atoms with E-state index in [0.717, 1.165) is 0 Å². The molecule has 46 valence electrons. The van der Waals surface area contributed by atoms with E-state index < -0.39 is 5.97 Å². The lowest BCUT2D eigenvalue weighted by Gasteiger charge is -1.73. The molecule has 0 fully saturated rings. The molecule has 3 N–H and O–H groups in total. The van der Waals surface area contributed by atoms with E-state index in [1.54, 1.807) is 0 Å². The Hall–Kier alpha value is -0.570. The number of nitrogens with two attached hydrogens (primary N) is 1. The van der Waals surface area contributed by atoms with E-state index in [4.69, 9.17) is 5.11 Å². The minimum absolute atomic E-state index is 0. The summed E-state index contributed by atoms with van der Waals surface area (Å²) in [5.74, 6) is -0.968. The van der Waals surface area contributed by atoms with Crippen LogP contribution in [0.4, 0.5) is 0 Å². The molecule has 0 bridgehead atoms. The van der Waals surface area contributed by atoms with Crippen LogP contribution in [0.2, 0.25) is 0 Å². The Kier molecular flexibility index (Phi) is 20.9. The Labute approximate surface area is 44.1 Å². The second-order valence-electron chi connectivity index (χ2n) is 0.598. The van der Waals surface area contributed by atoms with Crippen LogP contribution in [0.1, 0.15) is 14.9 Å². The fourth-order valence-corrected chi connectivity index (χ4v) is 0. The zero-order valence-electron chi connectivity index (χ0n) is 2.64. The molecule has 0 aliphatic rings. The van der Waals surface area contributed by atoms with Crippen molar-refractivity contribution in [1.82, 2.24) is 0 Å². The molecule has 0 aliphatic heterocycles. The molecule has 0 aromatic carbocycles. The van der Waals surface area contributed by atoms with E-state index in [-0.39, 0.29) is 21.4 Å². The minimum Gasteiger partial charge on any atom is -0.480 e. The number of hydrogen-bond acceptors (Lipinski definition) is 2. The van der Waals surface area contributed by atoms with Gasteiger partial charge in [-0.1, -0.05) is 14.9 Å². The summed E-state index contributed by atoms with van der Waals surface area (Å²) in [6.07, 6.45) is 0. The van der Waals surface area contributed by atoms with Crippen LogP contribution in [0, 0.1) is 0 Å². The van der Waals surface area contributed by atoms with Crippen molar-refractivity contribution in [1.29, 1.82) is 0 Å². The quantitative estimate of drug-likeness (QED) is 0.506. The first kappa shape index (κ1) is 16.1. The predicted octanol–water partition coefficient (Wildman–Crippen LogP) is 0.302. The smallest absolute Gasteiger partial charge is 0.317 e. The molecule has 7 heavy (non-hydrogen) atoms. The molecule has 0 heterocycles. The lowest BCUT2D eigenvalue weighted by Crippen LogP contribution is -2.10. The van der Waals surface area contributed by atoms with Crippen LogP contribution in [0.15, 0.2) is 0 Å². The summed E-state index contributed by atoms with van der Waals surface area (Å²) < 4.78 is 0. The lowest BCUT2D eigenvalue weighted by molar-refractivity contribution is -0.135. The van der Waals surface area contributed by atoms with Crippen molar-refractivity contribution in [3.63, 3.8) is 0 Å². The standard InChI is InChI=1S/C2H5NO2.2CH4/c3-1-2(4)5;;/h1,3H2,(H,4,5);2*1H4. The van der Waals surface area contributed by atoms with Crippen LogP contribution in [-0.2, 0) is 4.79 Å². The van der Waals surface area contributed by atoms with Gasteiger partial charge in [0.2, 0.25) is 0 Å². The van der Waals surface area contributed by atoms with Gasteiger partial charge in [-0.05, 0) is 0 Å². The number of rotatable bonds is 1. The van der Waals surface area contributed by atoms with Crippen molar-refractivity contribution < 1.29 is 9.90 Å². The largest absolute Gasteiger partial charge is 0.480 e. The highest BCUT2D eigenvalue weighted by atomic mass is 16.4. The van der Waals surface area contributed by atoms with E-state index in [9.17, 15) is 4.79 Å². The Bertz CT molecular complexity index is 45.0. The molecule has 0 radical (unpaired) electrons. The molecule has 0 rings (SSSR count). The SMILES string of the molecule is C.C.NCC(=O)O. The molecular weight excluding hydrogens is 94.0 g/mol. The van der Waals surface area contributed by atoms with Crippen LogP contribution in [0.3, 0.4) is 0 Å². The Morgan fingerprint density at radius 1 is 1.57 bits per heavy atom. The van der Waals surface area contributed by atoms with Gasteiger partial charge >= 0.3 is 5.97 Å². The molecule has 0 aromatic heterocycles. The van der Waals surface area contributed by atoms with Gasteiger partial charge in [0.1, 0.15) is 0 Å². The number of aliphatic carboxylic acids is 1. The summed E-state index contributed by atoms with van der Waals surface area (Å²) in [7, 11) is 0. The maximum Gasteiger partial charge on any atom is 0.317 e. The average Bonchev–Trinajstić information content (AvgIpc) is 1.38. The van der Waals surface area contributed by atoms with Gasteiger partial charge in [0.25, 0.3) is 0 Å². The number of carboxylic acids is 1. The van der Waals surface area contributed by atoms with Crippen LogP contribution in [0.5, 0.6) is 0 Å². The van der Waals surface area contributed by atoms with Crippen LogP contribution in [0.25, 0.3) is 0 Å². The normalized spacial score (nSPS) is 5.29. The third-order valence-electron chi connectivity index (χ3n) is 0.175. The average molecular weight is 107 g/mol. The van der Waals surface area contributed by atoms with Gasteiger partial charge in [-0.3, -0.25) is 4.79 Å². The van der Waals surface area contributed by atoms with Gasteiger partial charge in [-0.15, -0.1) is 0 Å². The Morgan fingerprint density at radius 2 is 1.71 bits per heavy atom. The first-order valence-corrected chi connectivity index (χ1v) is 1.19. The van der Waals surface area contributed by atoms with E-state index in [1.165, 1.54) is 0 Å². The van der Waals surface area contributed by atoms with Crippen LogP contribution in [-0.4, -0.2) is 17.6 Å². The molecule has 3 nitrogen and oxygen atoms in total. The molecule has 0 aromatic rings. The number of hydrogen-bond donors (Lipinski definition) is 2. The predicted molar refractivity (Wildman–Crippen MR) is 30.2 cm³/mol. The minimum atomic E-state index is -0.968. The second-order valence-corrected chi connectivity index (χ2v) is 0.598. The van der Waals surface area contributed by atoms with Gasteiger partial charge < -0.3 is 10.8 Å². The summed E-state index contributed by atoms with van der Waals surface area (Å²) in [5, 5.41) is 7.60. The molecule has 0 spiro atoms. The van der Waals surface area contributed by atoms with Gasteiger partial charge in [-0.25, -0.2) is 0 Å². The van der Waals surface area contributed by atoms with E-state index >= 15 is 0 Å². The van der Waals surface area contributed by atoms with Gasteiger partial charge in [0, 0.05) is 0 Å². The third-order valence-corrected chi connectivity index (χ3v) is 0.175. The van der Waals surface area contributed by atoms with Crippen molar-refractivity contribution >= 4 is 5.97 Å². The first-order chi connectivity index (χ1) is 2.27. The summed E-state index contributed by atoms with van der Waals surface area (Å²) in [4.78, 5) is 9.24. The fourth-order valence-electron chi connectivity index (χ4n) is 0. The summed E-state index contributed by atoms with van der Waals surface area (Å²) in [5.41, 5.74) is 4.57. The van der Waals surface area contributed by atoms with E-state index in [1.807, 2.05) is 0 Å². The van der Waals surface area contributed by atoms with Crippen LogP contribution >= 0.6 is 0 Å². The molecule has 0 saturated heterocycles. The maximum atomic E-state index is 9.24. The Morgan fingerprint density at radius 3 is 1.71 bits per heavy atom. The lowest BCUT2D eigenvalue weighted by atomic mass is 10.7. The van der Waals surface area contributed by atoms with Crippen LogP contribution < -0.4 is 5.73 Å². The molecule has 3 heteroatoms. The van der Waals surface area contributed by atoms with Gasteiger partial charge in [0.05, 0.1) is 6.54 Å². The molecule has 0 unspecified atom stereocenters. The van der Waals surface area contributed by atoms with Crippen molar-refractivity contribution in [2.45, 2.75) is 14.9 Å². The number of carbonyl (C=O) groups is 1. The van der Waals surface area contributed by atoms with Gasteiger partial charge in [-0.2, -0.15) is 0 Å². The van der Waals surface area contributed by atoms with E-state index in [2.05, 4.69) is 5.73 Å². The number of carboxylic acid groups (broad SMARTS) is 1. The molecule has 0 amide bonds. The zero-order chi connectivity index (χ0) is 4.28. The highest BCUT2D eigenvalue weighted by molar-refractivity contribution is 5.68. The molecule has 0 aliphatic carbocycles.